The Balaban J connectivity index is 1.95. The lowest BCUT2D eigenvalue weighted by Gasteiger charge is -2.07. The topological polar surface area (TPSA) is 63.6 Å². The maximum absolute atomic E-state index is 13.8. The van der Waals surface area contributed by atoms with E-state index in [9.17, 15) is 4.39 Å². The fraction of sp³-hybridized carbons (Fsp3) is 0.333. The van der Waals surface area contributed by atoms with Crippen LogP contribution in [0.5, 0.6) is 0 Å². The molecular formula is C12H14FN5. The van der Waals surface area contributed by atoms with E-state index < -0.39 is 0 Å². The lowest BCUT2D eigenvalue weighted by atomic mass is 10.2. The van der Waals surface area contributed by atoms with Gasteiger partial charge in [-0.1, -0.05) is 6.92 Å². The van der Waals surface area contributed by atoms with Gasteiger partial charge in [0.2, 0.25) is 0 Å². The van der Waals surface area contributed by atoms with E-state index in [1.807, 2.05) is 6.92 Å². The quantitative estimate of drug-likeness (QED) is 0.869. The molecule has 18 heavy (non-hydrogen) atoms. The second-order valence-electron chi connectivity index (χ2n) is 3.76. The fourth-order valence-corrected chi connectivity index (χ4v) is 1.56. The highest BCUT2D eigenvalue weighted by atomic mass is 19.1. The SMILES string of the molecule is CCc1ncnc(NCCc2cncnc2)c1F. The molecule has 0 amide bonds. The molecule has 0 spiro atoms. The van der Waals surface area contributed by atoms with Crippen LogP contribution in [-0.2, 0) is 12.8 Å². The van der Waals surface area contributed by atoms with Crippen LogP contribution in [0.1, 0.15) is 18.2 Å². The van der Waals surface area contributed by atoms with Crippen molar-refractivity contribution < 1.29 is 4.39 Å². The summed E-state index contributed by atoms with van der Waals surface area (Å²) in [6.45, 7) is 2.43. The highest BCUT2D eigenvalue weighted by Crippen LogP contribution is 2.13. The number of anilines is 1. The average molecular weight is 247 g/mol. The van der Waals surface area contributed by atoms with Crippen LogP contribution < -0.4 is 5.32 Å². The van der Waals surface area contributed by atoms with Crippen LogP contribution in [0.2, 0.25) is 0 Å². The Hall–Kier alpha value is -2.11. The van der Waals surface area contributed by atoms with E-state index >= 15 is 0 Å². The molecule has 1 N–H and O–H groups in total. The first-order valence-corrected chi connectivity index (χ1v) is 5.78. The minimum atomic E-state index is -0.371. The third-order valence-electron chi connectivity index (χ3n) is 2.52. The van der Waals surface area contributed by atoms with E-state index in [4.69, 9.17) is 0 Å². The molecule has 0 aliphatic rings. The summed E-state index contributed by atoms with van der Waals surface area (Å²) in [7, 11) is 0. The minimum absolute atomic E-state index is 0.249. The van der Waals surface area contributed by atoms with Crippen LogP contribution in [-0.4, -0.2) is 26.5 Å². The van der Waals surface area contributed by atoms with Crippen molar-refractivity contribution in [1.82, 2.24) is 19.9 Å². The lowest BCUT2D eigenvalue weighted by Crippen LogP contribution is -2.10. The normalized spacial score (nSPS) is 10.3. The molecule has 0 atom stereocenters. The van der Waals surface area contributed by atoms with Gasteiger partial charge in [0.15, 0.2) is 11.6 Å². The zero-order chi connectivity index (χ0) is 12.8. The first-order valence-electron chi connectivity index (χ1n) is 5.78. The number of aromatic nitrogens is 4. The van der Waals surface area contributed by atoms with Gasteiger partial charge in [-0.15, -0.1) is 0 Å². The molecule has 0 aromatic carbocycles. The van der Waals surface area contributed by atoms with E-state index in [-0.39, 0.29) is 11.6 Å². The predicted octanol–water partition coefficient (Wildman–Crippen LogP) is 1.62. The van der Waals surface area contributed by atoms with Gasteiger partial charge in [0.05, 0.1) is 5.69 Å². The fourth-order valence-electron chi connectivity index (χ4n) is 1.56. The van der Waals surface area contributed by atoms with E-state index in [2.05, 4.69) is 25.3 Å². The van der Waals surface area contributed by atoms with Gasteiger partial charge >= 0.3 is 0 Å². The van der Waals surface area contributed by atoms with Crippen LogP contribution in [0.3, 0.4) is 0 Å². The summed E-state index contributed by atoms with van der Waals surface area (Å²) < 4.78 is 13.8. The molecule has 2 heterocycles. The highest BCUT2D eigenvalue weighted by Gasteiger charge is 2.08. The summed E-state index contributed by atoms with van der Waals surface area (Å²) in [6, 6.07) is 0. The summed E-state index contributed by atoms with van der Waals surface area (Å²) >= 11 is 0. The molecule has 2 rings (SSSR count). The number of rotatable bonds is 5. The Morgan fingerprint density at radius 2 is 1.94 bits per heavy atom. The number of halogens is 1. The Labute approximate surface area is 105 Å². The molecule has 0 fully saturated rings. The highest BCUT2D eigenvalue weighted by molar-refractivity contribution is 5.37. The molecule has 0 radical (unpaired) electrons. The average Bonchev–Trinajstić information content (AvgIpc) is 2.42. The van der Waals surface area contributed by atoms with Gasteiger partial charge in [-0.25, -0.2) is 24.3 Å². The largest absolute Gasteiger partial charge is 0.367 e. The number of hydrogen-bond acceptors (Lipinski definition) is 5. The standard InChI is InChI=1S/C12H14FN5/c1-2-10-11(13)12(18-8-17-10)16-4-3-9-5-14-7-15-6-9/h5-8H,2-4H2,1H3,(H,16,17,18). The molecule has 5 nitrogen and oxygen atoms in total. The first kappa shape index (κ1) is 12.3. The van der Waals surface area contributed by atoms with Crippen LogP contribution in [0.4, 0.5) is 10.2 Å². The van der Waals surface area contributed by atoms with Gasteiger partial charge < -0.3 is 5.32 Å². The van der Waals surface area contributed by atoms with Crippen molar-refractivity contribution in [2.75, 3.05) is 11.9 Å². The molecule has 2 aromatic heterocycles. The molecule has 0 bridgehead atoms. The molecule has 0 unspecified atom stereocenters. The summed E-state index contributed by atoms with van der Waals surface area (Å²) in [5, 5.41) is 2.95. The molecular weight excluding hydrogens is 233 g/mol. The summed E-state index contributed by atoms with van der Waals surface area (Å²) in [5.41, 5.74) is 1.42. The van der Waals surface area contributed by atoms with Crippen molar-refractivity contribution in [1.29, 1.82) is 0 Å². The Morgan fingerprint density at radius 1 is 1.17 bits per heavy atom. The van der Waals surface area contributed by atoms with Crippen LogP contribution in [0, 0.1) is 5.82 Å². The molecule has 6 heteroatoms. The molecule has 0 aliphatic carbocycles. The first-order chi connectivity index (χ1) is 8.81. The molecule has 94 valence electrons. The van der Waals surface area contributed by atoms with Gasteiger partial charge in [-0.05, 0) is 18.4 Å². The van der Waals surface area contributed by atoms with E-state index in [1.54, 1.807) is 12.4 Å². The van der Waals surface area contributed by atoms with Gasteiger partial charge in [0, 0.05) is 18.9 Å². The number of nitrogens with zero attached hydrogens (tertiary/aromatic N) is 4. The van der Waals surface area contributed by atoms with Gasteiger partial charge in [-0.2, -0.15) is 0 Å². The molecule has 2 aromatic rings. The summed E-state index contributed by atoms with van der Waals surface area (Å²) in [6.07, 6.45) is 7.59. The number of nitrogens with one attached hydrogen (secondary N) is 1. The number of hydrogen-bond donors (Lipinski definition) is 1. The van der Waals surface area contributed by atoms with Crippen LogP contribution in [0.15, 0.2) is 25.0 Å². The Kier molecular flexibility index (Phi) is 4.11. The van der Waals surface area contributed by atoms with Crippen molar-refractivity contribution >= 4 is 5.82 Å². The monoisotopic (exact) mass is 247 g/mol. The third kappa shape index (κ3) is 2.97. The van der Waals surface area contributed by atoms with Crippen molar-refractivity contribution in [2.24, 2.45) is 0 Å². The molecule has 0 saturated carbocycles. The summed E-state index contributed by atoms with van der Waals surface area (Å²) in [4.78, 5) is 15.6. The molecule has 0 aliphatic heterocycles. The Bertz CT molecular complexity index is 503. The number of aryl methyl sites for hydroxylation is 1. The van der Waals surface area contributed by atoms with E-state index in [1.165, 1.54) is 12.7 Å². The molecule has 0 saturated heterocycles. The minimum Gasteiger partial charge on any atom is -0.367 e. The second-order valence-corrected chi connectivity index (χ2v) is 3.76. The summed E-state index contributed by atoms with van der Waals surface area (Å²) in [5.74, 6) is -0.122. The zero-order valence-electron chi connectivity index (χ0n) is 10.1. The van der Waals surface area contributed by atoms with Crippen molar-refractivity contribution in [3.05, 3.63) is 42.1 Å². The lowest BCUT2D eigenvalue weighted by molar-refractivity contribution is 0.596. The maximum atomic E-state index is 13.8. The van der Waals surface area contributed by atoms with E-state index in [0.29, 0.717) is 25.1 Å². The van der Waals surface area contributed by atoms with Gasteiger partial charge in [0.25, 0.3) is 0 Å². The van der Waals surface area contributed by atoms with Crippen LogP contribution in [0.25, 0.3) is 0 Å². The van der Waals surface area contributed by atoms with Gasteiger partial charge in [-0.3, -0.25) is 0 Å². The third-order valence-corrected chi connectivity index (χ3v) is 2.52. The van der Waals surface area contributed by atoms with Crippen LogP contribution >= 0.6 is 0 Å². The second kappa shape index (κ2) is 6.00. The van der Waals surface area contributed by atoms with Crippen molar-refractivity contribution in [3.8, 4) is 0 Å². The van der Waals surface area contributed by atoms with E-state index in [0.717, 1.165) is 5.56 Å². The maximum Gasteiger partial charge on any atom is 0.186 e. The zero-order valence-corrected chi connectivity index (χ0v) is 10.1. The predicted molar refractivity (Wildman–Crippen MR) is 65.6 cm³/mol. The van der Waals surface area contributed by atoms with Gasteiger partial charge in [0.1, 0.15) is 12.7 Å². The van der Waals surface area contributed by atoms with Crippen molar-refractivity contribution in [3.63, 3.8) is 0 Å². The van der Waals surface area contributed by atoms with Crippen molar-refractivity contribution in [2.45, 2.75) is 19.8 Å². The Morgan fingerprint density at radius 3 is 2.67 bits per heavy atom. The smallest absolute Gasteiger partial charge is 0.186 e.